The lowest BCUT2D eigenvalue weighted by atomic mass is 10.3. The Balaban J connectivity index is 1.77. The Morgan fingerprint density at radius 2 is 2.25 bits per heavy atom. The Kier molecular flexibility index (Phi) is 5.03. The SMILES string of the molecule is Cc1cc(C(=O)NCCOc2cccc(N)c2)sc1Br. The molecule has 0 bridgehead atoms. The number of carbonyl (C=O) groups excluding carboxylic acids is 1. The van der Waals surface area contributed by atoms with Crippen molar-refractivity contribution in [1.82, 2.24) is 5.32 Å². The first-order valence-corrected chi connectivity index (χ1v) is 7.69. The molecule has 4 nitrogen and oxygen atoms in total. The van der Waals surface area contributed by atoms with Gasteiger partial charge in [0.1, 0.15) is 12.4 Å². The molecule has 2 rings (SSSR count). The van der Waals surface area contributed by atoms with Gasteiger partial charge in [-0.15, -0.1) is 11.3 Å². The molecular formula is C14H15BrN2O2S. The zero-order chi connectivity index (χ0) is 14.5. The summed E-state index contributed by atoms with van der Waals surface area (Å²) in [6, 6.07) is 9.07. The molecule has 0 atom stereocenters. The fraction of sp³-hybridized carbons (Fsp3) is 0.214. The zero-order valence-electron chi connectivity index (χ0n) is 11.0. The third kappa shape index (κ3) is 3.98. The van der Waals surface area contributed by atoms with Crippen molar-refractivity contribution in [3.05, 3.63) is 44.6 Å². The van der Waals surface area contributed by atoms with Gasteiger partial charge in [-0.1, -0.05) is 6.07 Å². The average Bonchev–Trinajstić information content (AvgIpc) is 2.75. The summed E-state index contributed by atoms with van der Waals surface area (Å²) in [7, 11) is 0. The van der Waals surface area contributed by atoms with E-state index < -0.39 is 0 Å². The van der Waals surface area contributed by atoms with E-state index >= 15 is 0 Å². The molecular weight excluding hydrogens is 340 g/mol. The van der Waals surface area contributed by atoms with E-state index in [1.807, 2.05) is 25.1 Å². The van der Waals surface area contributed by atoms with E-state index in [4.69, 9.17) is 10.5 Å². The monoisotopic (exact) mass is 354 g/mol. The Labute approximate surface area is 130 Å². The molecule has 0 unspecified atom stereocenters. The first-order valence-electron chi connectivity index (χ1n) is 6.09. The highest BCUT2D eigenvalue weighted by molar-refractivity contribution is 9.11. The van der Waals surface area contributed by atoms with Crippen molar-refractivity contribution in [2.24, 2.45) is 0 Å². The molecule has 106 valence electrons. The van der Waals surface area contributed by atoms with Crippen LogP contribution in [0, 0.1) is 6.92 Å². The molecule has 1 aromatic heterocycles. The van der Waals surface area contributed by atoms with Crippen molar-refractivity contribution in [3.8, 4) is 5.75 Å². The van der Waals surface area contributed by atoms with Crippen LogP contribution in [0.3, 0.4) is 0 Å². The number of hydrogen-bond donors (Lipinski definition) is 2. The van der Waals surface area contributed by atoms with Gasteiger partial charge in [0.2, 0.25) is 0 Å². The van der Waals surface area contributed by atoms with E-state index in [1.165, 1.54) is 11.3 Å². The molecule has 1 heterocycles. The first-order chi connectivity index (χ1) is 9.56. The number of aryl methyl sites for hydroxylation is 1. The topological polar surface area (TPSA) is 64.3 Å². The van der Waals surface area contributed by atoms with Crippen LogP contribution in [0.5, 0.6) is 5.75 Å². The summed E-state index contributed by atoms with van der Waals surface area (Å²) >= 11 is 4.83. The Bertz CT molecular complexity index is 593. The molecule has 2 aromatic rings. The molecule has 0 spiro atoms. The van der Waals surface area contributed by atoms with Gasteiger partial charge in [-0.25, -0.2) is 0 Å². The number of nitrogens with two attached hydrogens (primary N) is 1. The first kappa shape index (κ1) is 14.9. The Hall–Kier alpha value is -1.53. The quantitative estimate of drug-likeness (QED) is 0.639. The number of rotatable bonds is 5. The zero-order valence-corrected chi connectivity index (χ0v) is 13.4. The molecule has 20 heavy (non-hydrogen) atoms. The van der Waals surface area contributed by atoms with E-state index in [2.05, 4.69) is 21.2 Å². The number of carbonyl (C=O) groups is 1. The summed E-state index contributed by atoms with van der Waals surface area (Å²) in [5.74, 6) is 0.619. The highest BCUT2D eigenvalue weighted by atomic mass is 79.9. The fourth-order valence-electron chi connectivity index (χ4n) is 1.60. The summed E-state index contributed by atoms with van der Waals surface area (Å²) in [6.45, 7) is 2.81. The molecule has 0 aliphatic rings. The van der Waals surface area contributed by atoms with E-state index in [-0.39, 0.29) is 5.91 Å². The lowest BCUT2D eigenvalue weighted by molar-refractivity contribution is 0.0951. The third-order valence-electron chi connectivity index (χ3n) is 2.60. The van der Waals surface area contributed by atoms with Crippen molar-refractivity contribution in [2.75, 3.05) is 18.9 Å². The third-order valence-corrected chi connectivity index (χ3v) is 4.73. The highest BCUT2D eigenvalue weighted by Crippen LogP contribution is 2.27. The summed E-state index contributed by atoms with van der Waals surface area (Å²) in [5, 5.41) is 2.82. The maximum absolute atomic E-state index is 11.9. The van der Waals surface area contributed by atoms with Crippen LogP contribution in [-0.4, -0.2) is 19.1 Å². The van der Waals surface area contributed by atoms with Gasteiger partial charge < -0.3 is 15.8 Å². The van der Waals surface area contributed by atoms with Crippen LogP contribution < -0.4 is 15.8 Å². The average molecular weight is 355 g/mol. The number of ether oxygens (including phenoxy) is 1. The number of nitrogen functional groups attached to an aromatic ring is 1. The second-order valence-corrected chi connectivity index (χ2v) is 6.61. The van der Waals surface area contributed by atoms with Crippen molar-refractivity contribution >= 4 is 38.9 Å². The number of amides is 1. The number of halogens is 1. The van der Waals surface area contributed by atoms with E-state index in [9.17, 15) is 4.79 Å². The maximum atomic E-state index is 11.9. The van der Waals surface area contributed by atoms with Crippen molar-refractivity contribution in [1.29, 1.82) is 0 Å². The van der Waals surface area contributed by atoms with Crippen LogP contribution in [0.4, 0.5) is 5.69 Å². The largest absolute Gasteiger partial charge is 0.492 e. The van der Waals surface area contributed by atoms with Crippen LogP contribution in [-0.2, 0) is 0 Å². The van der Waals surface area contributed by atoms with E-state index in [1.54, 1.807) is 12.1 Å². The van der Waals surface area contributed by atoms with Crippen molar-refractivity contribution in [3.63, 3.8) is 0 Å². The van der Waals surface area contributed by atoms with Gasteiger partial charge in [0, 0.05) is 11.8 Å². The minimum absolute atomic E-state index is 0.0834. The van der Waals surface area contributed by atoms with Crippen LogP contribution in [0.25, 0.3) is 0 Å². The predicted molar refractivity (Wildman–Crippen MR) is 85.4 cm³/mol. The summed E-state index contributed by atoms with van der Waals surface area (Å²) < 4.78 is 6.49. The lowest BCUT2D eigenvalue weighted by Crippen LogP contribution is -2.27. The van der Waals surface area contributed by atoms with E-state index in [0.717, 1.165) is 9.35 Å². The molecule has 0 aliphatic carbocycles. The summed E-state index contributed by atoms with van der Waals surface area (Å²) in [6.07, 6.45) is 0. The molecule has 0 fully saturated rings. The van der Waals surface area contributed by atoms with Gasteiger partial charge in [-0.05, 0) is 46.6 Å². The van der Waals surface area contributed by atoms with Crippen LogP contribution in [0.1, 0.15) is 15.2 Å². The second kappa shape index (κ2) is 6.76. The van der Waals surface area contributed by atoms with Crippen molar-refractivity contribution in [2.45, 2.75) is 6.92 Å². The summed E-state index contributed by atoms with van der Waals surface area (Å²) in [4.78, 5) is 12.6. The molecule has 0 aliphatic heterocycles. The van der Waals surface area contributed by atoms with Gasteiger partial charge in [-0.2, -0.15) is 0 Å². The second-order valence-electron chi connectivity index (χ2n) is 4.24. The number of anilines is 1. The Morgan fingerprint density at radius 3 is 2.90 bits per heavy atom. The van der Waals surface area contributed by atoms with Crippen LogP contribution in [0.2, 0.25) is 0 Å². The highest BCUT2D eigenvalue weighted by Gasteiger charge is 2.10. The van der Waals surface area contributed by atoms with Gasteiger partial charge in [0.15, 0.2) is 0 Å². The summed E-state index contributed by atoms with van der Waals surface area (Å²) in [5.41, 5.74) is 7.37. The van der Waals surface area contributed by atoms with Crippen molar-refractivity contribution < 1.29 is 9.53 Å². The lowest BCUT2D eigenvalue weighted by Gasteiger charge is -2.07. The Morgan fingerprint density at radius 1 is 1.45 bits per heavy atom. The smallest absolute Gasteiger partial charge is 0.261 e. The number of benzene rings is 1. The van der Waals surface area contributed by atoms with Gasteiger partial charge in [0.05, 0.1) is 15.2 Å². The molecule has 1 amide bonds. The van der Waals surface area contributed by atoms with Crippen LogP contribution >= 0.6 is 27.3 Å². The normalized spacial score (nSPS) is 10.3. The van der Waals surface area contributed by atoms with Crippen LogP contribution in [0.15, 0.2) is 34.1 Å². The van der Waals surface area contributed by atoms with E-state index in [0.29, 0.717) is 29.5 Å². The molecule has 0 saturated heterocycles. The fourth-order valence-corrected chi connectivity index (χ4v) is 3.05. The molecule has 6 heteroatoms. The maximum Gasteiger partial charge on any atom is 0.261 e. The molecule has 0 saturated carbocycles. The molecule has 1 aromatic carbocycles. The van der Waals surface area contributed by atoms with Gasteiger partial charge >= 0.3 is 0 Å². The molecule has 0 radical (unpaired) electrons. The standard InChI is InChI=1S/C14H15BrN2O2S/c1-9-7-12(20-13(9)15)14(18)17-5-6-19-11-4-2-3-10(16)8-11/h2-4,7-8H,5-6,16H2,1H3,(H,17,18). The minimum Gasteiger partial charge on any atom is -0.492 e. The number of hydrogen-bond acceptors (Lipinski definition) is 4. The molecule has 3 N–H and O–H groups in total. The van der Waals surface area contributed by atoms with Gasteiger partial charge in [0.25, 0.3) is 5.91 Å². The number of thiophene rings is 1. The minimum atomic E-state index is -0.0834. The number of nitrogens with one attached hydrogen (secondary N) is 1. The van der Waals surface area contributed by atoms with Gasteiger partial charge in [-0.3, -0.25) is 4.79 Å². The predicted octanol–water partition coefficient (Wildman–Crippen LogP) is 3.21.